The van der Waals surface area contributed by atoms with Gasteiger partial charge in [0, 0.05) is 44.3 Å². The maximum absolute atomic E-state index is 3.69. The van der Waals surface area contributed by atoms with E-state index in [9.17, 15) is 0 Å². The Hall–Kier alpha value is -0.120. The summed E-state index contributed by atoms with van der Waals surface area (Å²) in [6.07, 6.45) is 6.80. The highest BCUT2D eigenvalue weighted by Gasteiger charge is 2.25. The van der Waals surface area contributed by atoms with E-state index < -0.39 is 0 Å². The highest BCUT2D eigenvalue weighted by molar-refractivity contribution is 4.82. The molecule has 0 amide bonds. The number of rotatable bonds is 5. The molecule has 3 nitrogen and oxygen atoms in total. The molecule has 0 radical (unpaired) electrons. The Labute approximate surface area is 119 Å². The van der Waals surface area contributed by atoms with Gasteiger partial charge >= 0.3 is 0 Å². The predicted octanol–water partition coefficient (Wildman–Crippen LogP) is 2.32. The van der Waals surface area contributed by atoms with Crippen LogP contribution in [0.5, 0.6) is 0 Å². The van der Waals surface area contributed by atoms with Gasteiger partial charge in [-0.15, -0.1) is 0 Å². The van der Waals surface area contributed by atoms with Crippen LogP contribution in [0.1, 0.15) is 52.9 Å². The fourth-order valence-corrected chi connectivity index (χ4v) is 3.56. The standard InChI is InChI=1S/C16H33N3/c1-4-14(2)18-9-11-19(12-10-18)15(3)13-16-7-5-6-8-17-16/h14-17H,4-13H2,1-3H3. The summed E-state index contributed by atoms with van der Waals surface area (Å²) in [5.41, 5.74) is 0. The fourth-order valence-electron chi connectivity index (χ4n) is 3.56. The summed E-state index contributed by atoms with van der Waals surface area (Å²) in [5.74, 6) is 0. The quantitative estimate of drug-likeness (QED) is 0.825. The molecular weight excluding hydrogens is 234 g/mol. The minimum Gasteiger partial charge on any atom is -0.314 e. The minimum atomic E-state index is 0.745. The summed E-state index contributed by atoms with van der Waals surface area (Å²) >= 11 is 0. The van der Waals surface area contributed by atoms with E-state index in [0.29, 0.717) is 0 Å². The fraction of sp³-hybridized carbons (Fsp3) is 1.00. The molecule has 19 heavy (non-hydrogen) atoms. The molecule has 2 heterocycles. The van der Waals surface area contributed by atoms with Crippen LogP contribution in [0, 0.1) is 0 Å². The Morgan fingerprint density at radius 3 is 2.16 bits per heavy atom. The topological polar surface area (TPSA) is 18.5 Å². The molecule has 2 aliphatic heterocycles. The van der Waals surface area contributed by atoms with Gasteiger partial charge in [0.15, 0.2) is 0 Å². The third-order valence-corrected chi connectivity index (χ3v) is 5.22. The smallest absolute Gasteiger partial charge is 0.0113 e. The van der Waals surface area contributed by atoms with E-state index in [1.807, 2.05) is 0 Å². The molecule has 0 spiro atoms. The minimum absolute atomic E-state index is 0.745. The SMILES string of the molecule is CCC(C)N1CCN(C(C)CC2CCCCN2)CC1. The lowest BCUT2D eigenvalue weighted by molar-refractivity contribution is 0.0703. The number of piperazine rings is 1. The molecule has 0 aliphatic carbocycles. The van der Waals surface area contributed by atoms with E-state index in [4.69, 9.17) is 0 Å². The van der Waals surface area contributed by atoms with Crippen LogP contribution in [0.15, 0.2) is 0 Å². The van der Waals surface area contributed by atoms with Gasteiger partial charge in [-0.3, -0.25) is 9.80 Å². The molecule has 0 aromatic carbocycles. The van der Waals surface area contributed by atoms with Gasteiger partial charge in [0.2, 0.25) is 0 Å². The zero-order valence-electron chi connectivity index (χ0n) is 13.2. The number of nitrogens with zero attached hydrogens (tertiary/aromatic N) is 2. The molecule has 2 rings (SSSR count). The van der Waals surface area contributed by atoms with Crippen molar-refractivity contribution in [3.8, 4) is 0 Å². The van der Waals surface area contributed by atoms with Crippen molar-refractivity contribution in [1.82, 2.24) is 15.1 Å². The number of piperidine rings is 1. The van der Waals surface area contributed by atoms with Crippen LogP contribution in [0.2, 0.25) is 0 Å². The van der Waals surface area contributed by atoms with Gasteiger partial charge in [0.05, 0.1) is 0 Å². The Morgan fingerprint density at radius 2 is 1.63 bits per heavy atom. The molecule has 2 fully saturated rings. The molecule has 0 bridgehead atoms. The van der Waals surface area contributed by atoms with Crippen LogP contribution in [-0.2, 0) is 0 Å². The van der Waals surface area contributed by atoms with Crippen molar-refractivity contribution < 1.29 is 0 Å². The summed E-state index contributed by atoms with van der Waals surface area (Å²) in [6.45, 7) is 13.4. The van der Waals surface area contributed by atoms with Gasteiger partial charge in [-0.1, -0.05) is 13.3 Å². The van der Waals surface area contributed by atoms with Crippen molar-refractivity contribution in [2.45, 2.75) is 71.0 Å². The Balaban J connectivity index is 1.71. The second kappa shape index (κ2) is 7.61. The van der Waals surface area contributed by atoms with Gasteiger partial charge in [0.1, 0.15) is 0 Å². The van der Waals surface area contributed by atoms with Gasteiger partial charge < -0.3 is 5.32 Å². The Bertz CT molecular complexity index is 242. The van der Waals surface area contributed by atoms with Crippen molar-refractivity contribution in [2.24, 2.45) is 0 Å². The van der Waals surface area contributed by atoms with E-state index >= 15 is 0 Å². The highest BCUT2D eigenvalue weighted by Crippen LogP contribution is 2.17. The van der Waals surface area contributed by atoms with Gasteiger partial charge in [-0.25, -0.2) is 0 Å². The normalized spacial score (nSPS) is 30.2. The molecule has 112 valence electrons. The maximum Gasteiger partial charge on any atom is 0.0113 e. The maximum atomic E-state index is 3.69. The third-order valence-electron chi connectivity index (χ3n) is 5.22. The molecule has 0 aromatic rings. The van der Waals surface area contributed by atoms with Crippen molar-refractivity contribution in [1.29, 1.82) is 0 Å². The number of hydrogen-bond donors (Lipinski definition) is 1. The molecule has 2 saturated heterocycles. The van der Waals surface area contributed by atoms with Crippen molar-refractivity contribution >= 4 is 0 Å². The summed E-state index contributed by atoms with van der Waals surface area (Å²) < 4.78 is 0. The zero-order chi connectivity index (χ0) is 13.7. The second-order valence-corrected chi connectivity index (χ2v) is 6.56. The van der Waals surface area contributed by atoms with Crippen LogP contribution < -0.4 is 5.32 Å². The number of nitrogens with one attached hydrogen (secondary N) is 1. The molecule has 2 aliphatic rings. The van der Waals surface area contributed by atoms with E-state index in [1.165, 1.54) is 64.8 Å². The molecule has 1 N–H and O–H groups in total. The van der Waals surface area contributed by atoms with E-state index in [2.05, 4.69) is 35.9 Å². The molecule has 3 atom stereocenters. The van der Waals surface area contributed by atoms with Crippen molar-refractivity contribution in [3.05, 3.63) is 0 Å². The summed E-state index contributed by atoms with van der Waals surface area (Å²) in [6, 6.07) is 2.28. The highest BCUT2D eigenvalue weighted by atomic mass is 15.3. The number of hydrogen-bond acceptors (Lipinski definition) is 3. The largest absolute Gasteiger partial charge is 0.314 e. The summed E-state index contributed by atoms with van der Waals surface area (Å²) in [5, 5.41) is 3.69. The van der Waals surface area contributed by atoms with Crippen LogP contribution in [0.4, 0.5) is 0 Å². The second-order valence-electron chi connectivity index (χ2n) is 6.56. The zero-order valence-corrected chi connectivity index (χ0v) is 13.2. The summed E-state index contributed by atoms with van der Waals surface area (Å²) in [7, 11) is 0. The van der Waals surface area contributed by atoms with Gasteiger partial charge in [0.25, 0.3) is 0 Å². The molecular formula is C16H33N3. The monoisotopic (exact) mass is 267 g/mol. The third kappa shape index (κ3) is 4.44. The summed E-state index contributed by atoms with van der Waals surface area (Å²) in [4.78, 5) is 5.36. The van der Waals surface area contributed by atoms with E-state index in [1.54, 1.807) is 0 Å². The first kappa shape index (κ1) is 15.3. The molecule has 3 heteroatoms. The molecule has 0 aromatic heterocycles. The molecule has 3 unspecified atom stereocenters. The first-order valence-electron chi connectivity index (χ1n) is 8.42. The molecule has 0 saturated carbocycles. The van der Waals surface area contributed by atoms with E-state index in [0.717, 1.165) is 18.1 Å². The Kier molecular flexibility index (Phi) is 6.11. The first-order chi connectivity index (χ1) is 9.20. The predicted molar refractivity (Wildman–Crippen MR) is 82.6 cm³/mol. The lowest BCUT2D eigenvalue weighted by atomic mass is 9.97. The van der Waals surface area contributed by atoms with Crippen LogP contribution in [0.25, 0.3) is 0 Å². The van der Waals surface area contributed by atoms with Crippen LogP contribution in [-0.4, -0.2) is 60.6 Å². The van der Waals surface area contributed by atoms with Gasteiger partial charge in [-0.2, -0.15) is 0 Å². The van der Waals surface area contributed by atoms with Crippen LogP contribution in [0.3, 0.4) is 0 Å². The van der Waals surface area contributed by atoms with Crippen LogP contribution >= 0.6 is 0 Å². The van der Waals surface area contributed by atoms with Crippen molar-refractivity contribution in [2.75, 3.05) is 32.7 Å². The lowest BCUT2D eigenvalue weighted by Crippen LogP contribution is -2.53. The van der Waals surface area contributed by atoms with Gasteiger partial charge in [-0.05, 0) is 46.1 Å². The lowest BCUT2D eigenvalue weighted by Gasteiger charge is -2.41. The Morgan fingerprint density at radius 1 is 1.00 bits per heavy atom. The average molecular weight is 267 g/mol. The average Bonchev–Trinajstić information content (AvgIpc) is 2.47. The van der Waals surface area contributed by atoms with Crippen molar-refractivity contribution in [3.63, 3.8) is 0 Å². The van der Waals surface area contributed by atoms with E-state index in [-0.39, 0.29) is 0 Å². The first-order valence-corrected chi connectivity index (χ1v) is 8.42.